The molecule has 0 saturated carbocycles. The number of anilines is 1. The first-order valence-corrected chi connectivity index (χ1v) is 15.3. The van der Waals surface area contributed by atoms with Crippen LogP contribution in [-0.2, 0) is 49.5 Å². The van der Waals surface area contributed by atoms with Gasteiger partial charge in [0.1, 0.15) is 6.61 Å². The Hall–Kier alpha value is -4.19. The van der Waals surface area contributed by atoms with Crippen LogP contribution in [0.5, 0.6) is 5.75 Å². The van der Waals surface area contributed by atoms with Gasteiger partial charge in [-0.2, -0.15) is 8.78 Å². The van der Waals surface area contributed by atoms with Gasteiger partial charge in [-0.1, -0.05) is 26.0 Å². The van der Waals surface area contributed by atoms with Gasteiger partial charge in [-0.25, -0.2) is 13.2 Å². The molecule has 0 saturated heterocycles. The first kappa shape index (κ1) is 41.0. The first-order valence-electron chi connectivity index (χ1n) is 15.3. The fraction of sp³-hybridized carbons (Fsp3) is 0.500. The highest BCUT2D eigenvalue weighted by Gasteiger charge is 2.28. The third-order valence-electron chi connectivity index (χ3n) is 6.19. The standard InChI is InChI=1S/C32H39F5N2O10/c1-20(2)32(43)48-19-21-3-5-22(6-4-21)39-24(41)8-12-45-17-18-47-14-10-38-23(40)7-11-44-15-16-46-13-9-25(42)49-31-29(36)27(34)26(33)28(35)30(31)37/h3-6,20H,7-19H2,1-2H3,(H,38,40)(H,39,41). The molecule has 0 aliphatic heterocycles. The minimum Gasteiger partial charge on any atom is -0.461 e. The van der Waals surface area contributed by atoms with Crippen molar-refractivity contribution in [1.82, 2.24) is 5.32 Å². The maximum Gasteiger partial charge on any atom is 0.313 e. The van der Waals surface area contributed by atoms with E-state index in [4.69, 9.17) is 23.7 Å². The molecule has 0 spiro atoms. The summed E-state index contributed by atoms with van der Waals surface area (Å²) in [6, 6.07) is 6.96. The maximum atomic E-state index is 13.5. The van der Waals surface area contributed by atoms with Gasteiger partial charge in [-0.3, -0.25) is 19.2 Å². The van der Waals surface area contributed by atoms with Crippen molar-refractivity contribution in [1.29, 1.82) is 0 Å². The zero-order valence-corrected chi connectivity index (χ0v) is 27.1. The van der Waals surface area contributed by atoms with Crippen molar-refractivity contribution in [2.24, 2.45) is 5.92 Å². The Balaban J connectivity index is 1.39. The second-order valence-electron chi connectivity index (χ2n) is 10.4. The van der Waals surface area contributed by atoms with E-state index < -0.39 is 47.2 Å². The summed E-state index contributed by atoms with van der Waals surface area (Å²) in [5.74, 6) is -15.3. The van der Waals surface area contributed by atoms with E-state index >= 15 is 0 Å². The van der Waals surface area contributed by atoms with Gasteiger partial charge in [0.25, 0.3) is 0 Å². The van der Waals surface area contributed by atoms with E-state index in [1.54, 1.807) is 38.1 Å². The third kappa shape index (κ3) is 15.7. The Kier molecular flexibility index (Phi) is 18.8. The number of esters is 2. The summed E-state index contributed by atoms with van der Waals surface area (Å²) in [6.45, 7) is 4.71. The molecule has 0 aliphatic carbocycles. The van der Waals surface area contributed by atoms with Crippen LogP contribution in [0.25, 0.3) is 0 Å². The molecule has 2 aromatic carbocycles. The molecular weight excluding hydrogens is 667 g/mol. The molecule has 0 aromatic heterocycles. The minimum absolute atomic E-state index is 0.00833. The summed E-state index contributed by atoms with van der Waals surface area (Å²) in [6.07, 6.45) is -0.342. The van der Waals surface area contributed by atoms with Gasteiger partial charge in [-0.15, -0.1) is 0 Å². The summed E-state index contributed by atoms with van der Waals surface area (Å²) in [5, 5.41) is 5.39. The molecule has 17 heteroatoms. The second-order valence-corrected chi connectivity index (χ2v) is 10.4. The molecule has 0 unspecified atom stereocenters. The van der Waals surface area contributed by atoms with E-state index in [0.717, 1.165) is 5.56 Å². The van der Waals surface area contributed by atoms with E-state index in [1.807, 2.05) is 0 Å². The van der Waals surface area contributed by atoms with Gasteiger partial charge < -0.3 is 39.1 Å². The Morgan fingerprint density at radius 1 is 0.633 bits per heavy atom. The molecule has 2 N–H and O–H groups in total. The van der Waals surface area contributed by atoms with Gasteiger partial charge in [0.15, 0.2) is 0 Å². The number of hydrogen-bond acceptors (Lipinski definition) is 10. The monoisotopic (exact) mass is 706 g/mol. The average Bonchev–Trinajstić information content (AvgIpc) is 3.08. The van der Waals surface area contributed by atoms with E-state index in [1.165, 1.54) is 0 Å². The van der Waals surface area contributed by atoms with Crippen molar-refractivity contribution < 1.29 is 69.6 Å². The zero-order chi connectivity index (χ0) is 36.2. The van der Waals surface area contributed by atoms with Crippen LogP contribution in [-0.4, -0.2) is 83.2 Å². The molecule has 2 amide bonds. The fourth-order valence-electron chi connectivity index (χ4n) is 3.55. The van der Waals surface area contributed by atoms with Crippen LogP contribution in [0.2, 0.25) is 0 Å². The Morgan fingerprint density at radius 2 is 1.12 bits per heavy atom. The minimum atomic E-state index is -2.37. The lowest BCUT2D eigenvalue weighted by molar-refractivity contribution is -0.148. The Morgan fingerprint density at radius 3 is 1.67 bits per heavy atom. The number of carbonyl (C=O) groups is 4. The summed E-state index contributed by atoms with van der Waals surface area (Å²) >= 11 is 0. The highest BCUT2D eigenvalue weighted by Crippen LogP contribution is 2.29. The highest BCUT2D eigenvalue weighted by atomic mass is 19.2. The van der Waals surface area contributed by atoms with Crippen molar-refractivity contribution in [3.63, 3.8) is 0 Å². The lowest BCUT2D eigenvalue weighted by atomic mass is 10.2. The maximum absolute atomic E-state index is 13.5. The summed E-state index contributed by atoms with van der Waals surface area (Å²) < 4.78 is 96.9. The molecule has 0 radical (unpaired) electrons. The van der Waals surface area contributed by atoms with Gasteiger partial charge in [0, 0.05) is 18.7 Å². The van der Waals surface area contributed by atoms with Crippen LogP contribution in [0.3, 0.4) is 0 Å². The number of carbonyl (C=O) groups excluding carboxylic acids is 4. The van der Waals surface area contributed by atoms with Crippen molar-refractivity contribution >= 4 is 29.4 Å². The second kappa shape index (κ2) is 22.4. The molecule has 49 heavy (non-hydrogen) atoms. The lowest BCUT2D eigenvalue weighted by Crippen LogP contribution is -2.28. The van der Waals surface area contributed by atoms with E-state index in [-0.39, 0.29) is 103 Å². The van der Waals surface area contributed by atoms with Crippen LogP contribution in [0.15, 0.2) is 24.3 Å². The smallest absolute Gasteiger partial charge is 0.313 e. The number of hydrogen-bond donors (Lipinski definition) is 2. The van der Waals surface area contributed by atoms with Crippen molar-refractivity contribution in [2.45, 2.75) is 39.7 Å². The number of halogens is 5. The molecule has 0 bridgehead atoms. The van der Waals surface area contributed by atoms with Gasteiger partial charge >= 0.3 is 11.9 Å². The number of amides is 2. The molecule has 0 atom stereocenters. The topological polar surface area (TPSA) is 148 Å². The number of rotatable bonds is 23. The fourth-order valence-corrected chi connectivity index (χ4v) is 3.55. The van der Waals surface area contributed by atoms with Gasteiger partial charge in [-0.05, 0) is 17.7 Å². The zero-order valence-electron chi connectivity index (χ0n) is 27.1. The van der Waals surface area contributed by atoms with E-state index in [0.29, 0.717) is 5.69 Å². The molecule has 12 nitrogen and oxygen atoms in total. The van der Waals surface area contributed by atoms with Crippen LogP contribution < -0.4 is 15.4 Å². The molecule has 2 rings (SSSR count). The molecule has 0 heterocycles. The van der Waals surface area contributed by atoms with Crippen LogP contribution in [0.4, 0.5) is 27.6 Å². The summed E-state index contributed by atoms with van der Waals surface area (Å²) in [5.41, 5.74) is 1.41. The van der Waals surface area contributed by atoms with Crippen molar-refractivity contribution in [3.05, 3.63) is 58.9 Å². The highest BCUT2D eigenvalue weighted by molar-refractivity contribution is 5.90. The van der Waals surface area contributed by atoms with Crippen LogP contribution >= 0.6 is 0 Å². The van der Waals surface area contributed by atoms with E-state index in [2.05, 4.69) is 15.4 Å². The van der Waals surface area contributed by atoms with Crippen molar-refractivity contribution in [2.75, 3.05) is 64.7 Å². The molecule has 0 fully saturated rings. The summed E-state index contributed by atoms with van der Waals surface area (Å²) in [4.78, 5) is 47.1. The quantitative estimate of drug-likeness (QED) is 0.0435. The average molecular weight is 707 g/mol. The lowest BCUT2D eigenvalue weighted by Gasteiger charge is -2.10. The third-order valence-corrected chi connectivity index (χ3v) is 6.19. The molecule has 2 aromatic rings. The number of benzene rings is 2. The van der Waals surface area contributed by atoms with Gasteiger partial charge in [0.05, 0.1) is 71.6 Å². The molecular formula is C32H39F5N2O10. The van der Waals surface area contributed by atoms with Crippen molar-refractivity contribution in [3.8, 4) is 5.75 Å². The first-order chi connectivity index (χ1) is 23.4. The molecule has 272 valence electrons. The number of nitrogens with one attached hydrogen (secondary N) is 2. The Labute approximate surface area is 279 Å². The molecule has 0 aliphatic rings. The largest absolute Gasteiger partial charge is 0.461 e. The van der Waals surface area contributed by atoms with Crippen LogP contribution in [0, 0.1) is 35.0 Å². The number of ether oxygens (including phenoxy) is 6. The normalized spacial score (nSPS) is 11.0. The predicted octanol–water partition coefficient (Wildman–Crippen LogP) is 3.98. The predicted molar refractivity (Wildman–Crippen MR) is 162 cm³/mol. The SMILES string of the molecule is CC(C)C(=O)OCc1ccc(NC(=O)CCOCCOCCNC(=O)CCOCCOCCC(=O)Oc2c(F)c(F)c(F)c(F)c2F)cc1. The van der Waals surface area contributed by atoms with E-state index in [9.17, 15) is 41.1 Å². The summed E-state index contributed by atoms with van der Waals surface area (Å²) in [7, 11) is 0. The van der Waals surface area contributed by atoms with Gasteiger partial charge in [0.2, 0.25) is 46.6 Å². The Bertz CT molecular complexity index is 1350. The van der Waals surface area contributed by atoms with Crippen LogP contribution in [0.1, 0.15) is 38.7 Å².